The Labute approximate surface area is 229 Å². The predicted molar refractivity (Wildman–Crippen MR) is 156 cm³/mol. The average molecular weight is 518 g/mol. The maximum absolute atomic E-state index is 10.9. The van der Waals surface area contributed by atoms with Crippen LogP contribution in [-0.4, -0.2) is 53.5 Å². The first-order valence-electron chi connectivity index (χ1n) is 15.8. The molecule has 37 heavy (non-hydrogen) atoms. The molecule has 1 aliphatic rings. The van der Waals surface area contributed by atoms with E-state index in [-0.39, 0.29) is 12.7 Å². The van der Waals surface area contributed by atoms with Crippen LogP contribution >= 0.6 is 0 Å². The van der Waals surface area contributed by atoms with Gasteiger partial charge in [-0.3, -0.25) is 5.32 Å². The van der Waals surface area contributed by atoms with Gasteiger partial charge in [-0.05, 0) is 19.9 Å². The number of hydrogen-bond donors (Lipinski definition) is 1. The Morgan fingerprint density at radius 1 is 0.838 bits per heavy atom. The number of unbranched alkanes of at least 4 members (excludes halogenated alkanes) is 19. The van der Waals surface area contributed by atoms with Crippen LogP contribution in [0.15, 0.2) is 0 Å². The summed E-state index contributed by atoms with van der Waals surface area (Å²) in [6.45, 7) is 8.58. The molecule has 0 radical (unpaired) electrons. The van der Waals surface area contributed by atoms with Crippen molar-refractivity contribution in [3.05, 3.63) is 0 Å². The van der Waals surface area contributed by atoms with Gasteiger partial charge >= 0.3 is 0 Å². The van der Waals surface area contributed by atoms with E-state index in [0.717, 1.165) is 18.8 Å². The fraction of sp³-hybridized carbons (Fsp3) is 0.875. The monoisotopic (exact) mass is 517 g/mol. The molecular weight excluding hydrogens is 458 g/mol. The fourth-order valence-electron chi connectivity index (χ4n) is 5.13. The topological polar surface area (TPSA) is 58.4 Å². The molecule has 1 atom stereocenters. The number of rotatable bonds is 25. The summed E-state index contributed by atoms with van der Waals surface area (Å²) in [5.41, 5.74) is 0.799. The van der Waals surface area contributed by atoms with Crippen LogP contribution in [0.2, 0.25) is 0 Å². The van der Waals surface area contributed by atoms with Crippen molar-refractivity contribution in [3.63, 3.8) is 0 Å². The lowest BCUT2D eigenvalue weighted by Gasteiger charge is -2.24. The van der Waals surface area contributed by atoms with E-state index in [1.165, 1.54) is 128 Å². The van der Waals surface area contributed by atoms with Gasteiger partial charge < -0.3 is 14.8 Å². The van der Waals surface area contributed by atoms with Crippen LogP contribution in [0.4, 0.5) is 0 Å². The van der Waals surface area contributed by atoms with E-state index in [0.29, 0.717) is 6.54 Å². The summed E-state index contributed by atoms with van der Waals surface area (Å²) >= 11 is 0. The zero-order chi connectivity index (χ0) is 27.0. The van der Waals surface area contributed by atoms with Crippen molar-refractivity contribution in [3.8, 4) is 12.0 Å². The van der Waals surface area contributed by atoms with Crippen molar-refractivity contribution in [1.82, 2.24) is 10.2 Å². The minimum atomic E-state index is -1.06. The van der Waals surface area contributed by atoms with Crippen LogP contribution < -0.4 is 10.4 Å². The molecule has 0 saturated carbocycles. The third-order valence-electron chi connectivity index (χ3n) is 7.72. The SMILES string of the molecule is CCCCCCCCCCCCCCCCCCCCCCNC(C)N1C#CC(C)=[N+](CC(=O)[O-])CC1. The van der Waals surface area contributed by atoms with Gasteiger partial charge in [0.15, 0.2) is 13.1 Å². The third kappa shape index (κ3) is 19.2. The van der Waals surface area contributed by atoms with Crippen LogP contribution in [0.3, 0.4) is 0 Å². The van der Waals surface area contributed by atoms with Crippen molar-refractivity contribution in [2.75, 3.05) is 26.2 Å². The van der Waals surface area contributed by atoms with E-state index in [2.05, 4.69) is 36.0 Å². The lowest BCUT2D eigenvalue weighted by atomic mass is 10.0. The first-order chi connectivity index (χ1) is 18.0. The van der Waals surface area contributed by atoms with Gasteiger partial charge in [0.25, 0.3) is 0 Å². The van der Waals surface area contributed by atoms with Gasteiger partial charge in [-0.1, -0.05) is 129 Å². The second-order valence-corrected chi connectivity index (χ2v) is 11.2. The molecule has 1 heterocycles. The lowest BCUT2D eigenvalue weighted by molar-refractivity contribution is -0.527. The van der Waals surface area contributed by atoms with Crippen molar-refractivity contribution < 1.29 is 14.5 Å². The number of nitrogens with zero attached hydrogens (tertiary/aromatic N) is 2. The number of aliphatic carboxylic acids is 1. The molecule has 214 valence electrons. The molecule has 0 aromatic carbocycles. The summed E-state index contributed by atoms with van der Waals surface area (Å²) in [5, 5.41) is 14.5. The van der Waals surface area contributed by atoms with Crippen molar-refractivity contribution in [2.24, 2.45) is 0 Å². The van der Waals surface area contributed by atoms with E-state index in [9.17, 15) is 9.90 Å². The highest BCUT2D eigenvalue weighted by molar-refractivity contribution is 5.94. The molecule has 0 aromatic rings. The van der Waals surface area contributed by atoms with Crippen LogP contribution in [0.5, 0.6) is 0 Å². The Morgan fingerprint density at radius 2 is 1.27 bits per heavy atom. The minimum absolute atomic E-state index is 0.0877. The van der Waals surface area contributed by atoms with E-state index in [4.69, 9.17) is 0 Å². The van der Waals surface area contributed by atoms with Crippen molar-refractivity contribution in [1.29, 1.82) is 0 Å². The molecule has 5 nitrogen and oxygen atoms in total. The third-order valence-corrected chi connectivity index (χ3v) is 7.72. The van der Waals surface area contributed by atoms with Crippen LogP contribution in [0.1, 0.15) is 149 Å². The highest BCUT2D eigenvalue weighted by Crippen LogP contribution is 2.14. The Hall–Kier alpha value is -1.54. The average Bonchev–Trinajstić information content (AvgIpc) is 3.06. The summed E-state index contributed by atoms with van der Waals surface area (Å²) in [6.07, 6.45) is 28.3. The Balaban J connectivity index is 1.85. The molecule has 0 aromatic heterocycles. The van der Waals surface area contributed by atoms with Crippen LogP contribution in [-0.2, 0) is 4.79 Å². The maximum atomic E-state index is 10.9. The molecule has 0 aliphatic carbocycles. The molecule has 1 unspecified atom stereocenters. The Bertz CT molecular complexity index is 665. The Morgan fingerprint density at radius 3 is 1.70 bits per heavy atom. The first kappa shape index (κ1) is 33.5. The van der Waals surface area contributed by atoms with Gasteiger partial charge in [-0.25, -0.2) is 4.58 Å². The van der Waals surface area contributed by atoms with Gasteiger partial charge in [0.2, 0.25) is 5.71 Å². The van der Waals surface area contributed by atoms with Gasteiger partial charge in [0, 0.05) is 18.9 Å². The zero-order valence-corrected chi connectivity index (χ0v) is 24.8. The van der Waals surface area contributed by atoms with Crippen molar-refractivity contribution >= 4 is 11.7 Å². The van der Waals surface area contributed by atoms with E-state index < -0.39 is 5.97 Å². The summed E-state index contributed by atoms with van der Waals surface area (Å²) in [4.78, 5) is 13.0. The number of carboxylic acids is 1. The van der Waals surface area contributed by atoms with E-state index in [1.807, 2.05) is 6.92 Å². The summed E-state index contributed by atoms with van der Waals surface area (Å²) in [7, 11) is 0. The standard InChI is InChI=1S/C32H59N3O2/c1-4-5-6-7-8-9-10-11-12-13-14-15-16-17-18-19-20-21-22-23-25-33-31(3)34-26-24-30(2)35(28-27-34)29-32(36)37/h31,33H,4-23,25,27-29H2,1-3H3. The highest BCUT2D eigenvalue weighted by atomic mass is 16.4. The molecule has 0 fully saturated rings. The molecule has 0 saturated heterocycles. The van der Waals surface area contributed by atoms with Gasteiger partial charge in [0.1, 0.15) is 5.97 Å². The second kappa shape index (κ2) is 23.6. The number of carbonyl (C=O) groups excluding carboxylic acids is 1. The molecule has 0 bridgehead atoms. The molecule has 0 amide bonds. The van der Waals surface area contributed by atoms with E-state index in [1.54, 1.807) is 4.58 Å². The first-order valence-corrected chi connectivity index (χ1v) is 15.8. The predicted octanol–water partition coefficient (Wildman–Crippen LogP) is 6.24. The minimum Gasteiger partial charge on any atom is -0.544 e. The van der Waals surface area contributed by atoms with Gasteiger partial charge in [0.05, 0.1) is 12.7 Å². The normalized spacial score (nSPS) is 14.4. The fourth-order valence-corrected chi connectivity index (χ4v) is 5.13. The molecule has 0 spiro atoms. The molecule has 1 aliphatic heterocycles. The van der Waals surface area contributed by atoms with Gasteiger partial charge in [-0.2, -0.15) is 0 Å². The van der Waals surface area contributed by atoms with Crippen LogP contribution in [0, 0.1) is 12.0 Å². The largest absolute Gasteiger partial charge is 0.544 e. The molecule has 1 rings (SSSR count). The van der Waals surface area contributed by atoms with Crippen molar-refractivity contribution in [2.45, 2.75) is 155 Å². The molecular formula is C32H59N3O2. The second-order valence-electron chi connectivity index (χ2n) is 11.2. The zero-order valence-electron chi connectivity index (χ0n) is 24.8. The molecule has 5 heteroatoms. The summed E-state index contributed by atoms with van der Waals surface area (Å²) < 4.78 is 1.79. The number of hydrogen-bond acceptors (Lipinski definition) is 4. The molecule has 1 N–H and O–H groups in total. The number of carboxylic acid groups (broad SMARTS) is 1. The number of carbonyl (C=O) groups is 1. The maximum Gasteiger partial charge on any atom is 0.226 e. The summed E-state index contributed by atoms with van der Waals surface area (Å²) in [6, 6.07) is 3.18. The van der Waals surface area contributed by atoms with E-state index >= 15 is 0 Å². The highest BCUT2D eigenvalue weighted by Gasteiger charge is 2.18. The Kier molecular flexibility index (Phi) is 21.3. The summed E-state index contributed by atoms with van der Waals surface area (Å²) in [5.74, 6) is 2.03. The smallest absolute Gasteiger partial charge is 0.226 e. The quantitative estimate of drug-likeness (QED) is 0.0884. The lowest BCUT2D eigenvalue weighted by Crippen LogP contribution is -2.44. The number of nitrogens with one attached hydrogen (secondary N) is 1. The van der Waals surface area contributed by atoms with Gasteiger partial charge in [-0.15, -0.1) is 0 Å². The van der Waals surface area contributed by atoms with Crippen LogP contribution in [0.25, 0.3) is 0 Å².